The molecular weight excluding hydrogens is 685 g/mol. The number of unbranched alkanes of at least 4 members (excludes halogenated alkanes) is 26. The van der Waals surface area contributed by atoms with Crippen LogP contribution in [-0.2, 0) is 27.9 Å². The molecule has 0 fully saturated rings. The lowest BCUT2D eigenvalue weighted by Crippen LogP contribution is -2.28. The smallest absolute Gasteiger partial charge is 0.457 e. The van der Waals surface area contributed by atoms with Crippen molar-refractivity contribution in [3.8, 4) is 0 Å². The van der Waals surface area contributed by atoms with Gasteiger partial charge < -0.3 is 20.1 Å². The summed E-state index contributed by atoms with van der Waals surface area (Å²) in [6.45, 7) is 4.87. The standard InChI is InChI=1S/C44H86NO7P/c1-3-5-7-9-11-13-15-16-17-18-19-20-21-22-23-24-25-26-27-28-30-32-34-36-39-49-41-43(42-51-53(47,48)50-40-38-45)52-44(46)37-35-33-31-29-14-12-10-8-6-4-2/h8,10,18-19,43H,3-7,9,11-17,20-42,45H2,1-2H3,(H,47,48)/b10-8-,19-18-. The Morgan fingerprint density at radius 3 is 1.45 bits per heavy atom. The van der Waals surface area contributed by atoms with Crippen LogP contribution in [0.4, 0.5) is 0 Å². The number of phosphoric acid groups is 1. The van der Waals surface area contributed by atoms with Gasteiger partial charge in [-0.15, -0.1) is 0 Å². The summed E-state index contributed by atoms with van der Waals surface area (Å²) in [6.07, 6.45) is 46.4. The van der Waals surface area contributed by atoms with Gasteiger partial charge in [0.05, 0.1) is 19.8 Å². The van der Waals surface area contributed by atoms with Gasteiger partial charge in [-0.2, -0.15) is 0 Å². The zero-order chi connectivity index (χ0) is 38.8. The number of nitrogens with two attached hydrogens (primary N) is 1. The molecule has 0 saturated carbocycles. The van der Waals surface area contributed by atoms with Gasteiger partial charge >= 0.3 is 13.8 Å². The molecule has 0 aliphatic heterocycles. The molecule has 0 bridgehead atoms. The molecular formula is C44H86NO7P. The van der Waals surface area contributed by atoms with Crippen molar-refractivity contribution >= 4 is 13.8 Å². The van der Waals surface area contributed by atoms with Crippen LogP contribution in [0.1, 0.15) is 213 Å². The summed E-state index contributed by atoms with van der Waals surface area (Å²) in [5, 5.41) is 0. The Labute approximate surface area is 327 Å². The van der Waals surface area contributed by atoms with Crippen molar-refractivity contribution < 1.29 is 32.8 Å². The van der Waals surface area contributed by atoms with Crippen LogP contribution in [0.2, 0.25) is 0 Å². The van der Waals surface area contributed by atoms with Gasteiger partial charge in [0.15, 0.2) is 0 Å². The van der Waals surface area contributed by atoms with Gasteiger partial charge in [0, 0.05) is 19.6 Å². The van der Waals surface area contributed by atoms with Crippen LogP contribution in [-0.4, -0.2) is 49.9 Å². The van der Waals surface area contributed by atoms with E-state index >= 15 is 0 Å². The third kappa shape index (κ3) is 42.0. The molecule has 0 radical (unpaired) electrons. The lowest BCUT2D eigenvalue weighted by molar-refractivity contribution is -0.154. The minimum Gasteiger partial charge on any atom is -0.457 e. The van der Waals surface area contributed by atoms with Gasteiger partial charge in [-0.05, 0) is 57.8 Å². The minimum atomic E-state index is -4.27. The molecule has 53 heavy (non-hydrogen) atoms. The summed E-state index contributed by atoms with van der Waals surface area (Å²) in [5.74, 6) is -0.340. The molecule has 2 atom stereocenters. The van der Waals surface area contributed by atoms with E-state index in [1.54, 1.807) is 0 Å². The van der Waals surface area contributed by atoms with Crippen LogP contribution >= 0.6 is 7.82 Å². The molecule has 0 aromatic carbocycles. The Balaban J connectivity index is 3.86. The molecule has 3 N–H and O–H groups in total. The van der Waals surface area contributed by atoms with E-state index in [9.17, 15) is 14.3 Å². The average molecular weight is 772 g/mol. The van der Waals surface area contributed by atoms with Crippen LogP contribution in [0, 0.1) is 0 Å². The predicted octanol–water partition coefficient (Wildman–Crippen LogP) is 13.3. The Hall–Kier alpha value is -1.02. The van der Waals surface area contributed by atoms with Crippen molar-refractivity contribution in [2.45, 2.75) is 219 Å². The van der Waals surface area contributed by atoms with Crippen LogP contribution < -0.4 is 5.73 Å². The number of carbonyl (C=O) groups is 1. The molecule has 0 heterocycles. The third-order valence-electron chi connectivity index (χ3n) is 9.57. The van der Waals surface area contributed by atoms with E-state index in [4.69, 9.17) is 24.3 Å². The number of hydrogen-bond donors (Lipinski definition) is 2. The van der Waals surface area contributed by atoms with Gasteiger partial charge in [-0.1, -0.05) is 173 Å². The molecule has 2 unspecified atom stereocenters. The fourth-order valence-electron chi connectivity index (χ4n) is 6.29. The van der Waals surface area contributed by atoms with Crippen molar-refractivity contribution in [2.24, 2.45) is 5.73 Å². The first-order valence-electron chi connectivity index (χ1n) is 22.3. The number of phosphoric ester groups is 1. The largest absolute Gasteiger partial charge is 0.472 e. The monoisotopic (exact) mass is 772 g/mol. The molecule has 0 aromatic rings. The summed E-state index contributed by atoms with van der Waals surface area (Å²) in [4.78, 5) is 22.4. The number of ether oxygens (including phenoxy) is 2. The molecule has 0 aliphatic rings. The summed E-state index contributed by atoms with van der Waals surface area (Å²) in [7, 11) is -4.27. The van der Waals surface area contributed by atoms with E-state index < -0.39 is 13.9 Å². The highest BCUT2D eigenvalue weighted by Crippen LogP contribution is 2.43. The lowest BCUT2D eigenvalue weighted by atomic mass is 10.0. The van der Waals surface area contributed by atoms with Gasteiger partial charge in [-0.3, -0.25) is 13.8 Å². The topological polar surface area (TPSA) is 117 Å². The fraction of sp³-hybridized carbons (Fsp3) is 0.886. The predicted molar refractivity (Wildman–Crippen MR) is 224 cm³/mol. The first kappa shape index (κ1) is 52.0. The first-order chi connectivity index (χ1) is 25.9. The summed E-state index contributed by atoms with van der Waals surface area (Å²) >= 11 is 0. The van der Waals surface area contributed by atoms with Crippen LogP contribution in [0.5, 0.6) is 0 Å². The summed E-state index contributed by atoms with van der Waals surface area (Å²) in [5.41, 5.74) is 5.36. The molecule has 0 spiro atoms. The number of rotatable bonds is 43. The lowest BCUT2D eigenvalue weighted by Gasteiger charge is -2.20. The minimum absolute atomic E-state index is 0.0957. The Morgan fingerprint density at radius 1 is 0.547 bits per heavy atom. The number of hydrogen-bond acceptors (Lipinski definition) is 7. The van der Waals surface area contributed by atoms with Gasteiger partial charge in [0.25, 0.3) is 0 Å². The van der Waals surface area contributed by atoms with Crippen molar-refractivity contribution in [2.75, 3.05) is 33.0 Å². The quantitative estimate of drug-likeness (QED) is 0.0272. The summed E-state index contributed by atoms with van der Waals surface area (Å²) < 4.78 is 33.4. The maximum atomic E-state index is 12.5. The second-order valence-corrected chi connectivity index (χ2v) is 16.4. The molecule has 9 heteroatoms. The highest BCUT2D eigenvalue weighted by molar-refractivity contribution is 7.47. The van der Waals surface area contributed by atoms with Crippen molar-refractivity contribution in [1.82, 2.24) is 0 Å². The van der Waals surface area contributed by atoms with Crippen LogP contribution in [0.15, 0.2) is 24.3 Å². The van der Waals surface area contributed by atoms with Gasteiger partial charge in [-0.25, -0.2) is 4.57 Å². The zero-order valence-electron chi connectivity index (χ0n) is 34.8. The Bertz CT molecular complexity index is 869. The Morgan fingerprint density at radius 2 is 0.981 bits per heavy atom. The second-order valence-electron chi connectivity index (χ2n) is 14.9. The molecule has 314 valence electrons. The van der Waals surface area contributed by atoms with Crippen molar-refractivity contribution in [3.63, 3.8) is 0 Å². The normalized spacial score (nSPS) is 13.7. The average Bonchev–Trinajstić information content (AvgIpc) is 3.15. The first-order valence-corrected chi connectivity index (χ1v) is 23.8. The van der Waals surface area contributed by atoms with E-state index in [0.717, 1.165) is 51.4 Å². The molecule has 8 nitrogen and oxygen atoms in total. The van der Waals surface area contributed by atoms with Crippen molar-refractivity contribution in [3.05, 3.63) is 24.3 Å². The van der Waals surface area contributed by atoms with E-state index in [1.165, 1.54) is 141 Å². The number of esters is 1. The highest BCUT2D eigenvalue weighted by Gasteiger charge is 2.25. The van der Waals surface area contributed by atoms with Gasteiger partial charge in [0.2, 0.25) is 0 Å². The van der Waals surface area contributed by atoms with E-state index in [1.807, 2.05) is 0 Å². The van der Waals surface area contributed by atoms with Crippen LogP contribution in [0.25, 0.3) is 0 Å². The number of carbonyl (C=O) groups excluding carboxylic acids is 1. The molecule has 0 saturated heterocycles. The molecule has 0 aromatic heterocycles. The zero-order valence-corrected chi connectivity index (χ0v) is 35.7. The molecule has 0 aliphatic carbocycles. The van der Waals surface area contributed by atoms with E-state index in [-0.39, 0.29) is 32.3 Å². The van der Waals surface area contributed by atoms with Gasteiger partial charge in [0.1, 0.15) is 6.10 Å². The maximum Gasteiger partial charge on any atom is 0.472 e. The third-order valence-corrected chi connectivity index (χ3v) is 10.6. The van der Waals surface area contributed by atoms with Crippen LogP contribution in [0.3, 0.4) is 0 Å². The van der Waals surface area contributed by atoms with Crippen molar-refractivity contribution in [1.29, 1.82) is 0 Å². The highest BCUT2D eigenvalue weighted by atomic mass is 31.2. The second kappa shape index (κ2) is 42.1. The van der Waals surface area contributed by atoms with E-state index in [2.05, 4.69) is 38.2 Å². The Kier molecular flexibility index (Phi) is 41.3. The summed E-state index contributed by atoms with van der Waals surface area (Å²) in [6, 6.07) is 0. The van der Waals surface area contributed by atoms with E-state index in [0.29, 0.717) is 13.0 Å². The molecule has 0 rings (SSSR count). The molecule has 0 amide bonds. The number of allylic oxidation sites excluding steroid dienone is 4. The SMILES string of the molecule is CCC/C=C\CCCCCCCC(=O)OC(COCCCCCCCCCCCCCC/C=C\CCCCCCCCCC)COP(=O)(O)OCCN. The fourth-order valence-corrected chi connectivity index (χ4v) is 7.05. The maximum absolute atomic E-state index is 12.5.